The molecule has 0 aliphatic carbocycles. The molecule has 0 aromatic carbocycles. The van der Waals surface area contributed by atoms with E-state index in [1.165, 1.54) is 44.9 Å². The van der Waals surface area contributed by atoms with E-state index in [0.29, 0.717) is 12.8 Å². The minimum Gasteiger partial charge on any atom is -0.462 e. The normalized spacial score (nSPS) is 14.2. The average molecular weight is 671 g/mol. The van der Waals surface area contributed by atoms with Gasteiger partial charge in [-0.3, -0.25) is 18.6 Å². The first-order valence-electron chi connectivity index (χ1n) is 17.0. The van der Waals surface area contributed by atoms with Crippen molar-refractivity contribution in [3.63, 3.8) is 0 Å². The van der Waals surface area contributed by atoms with E-state index in [-0.39, 0.29) is 19.4 Å². The molecule has 3 atom stereocenters. The number of carbonyl (C=O) groups is 2. The lowest BCUT2D eigenvalue weighted by Crippen LogP contribution is -2.29. The van der Waals surface area contributed by atoms with E-state index in [2.05, 4.69) is 4.52 Å². The fourth-order valence-corrected chi connectivity index (χ4v) is 5.36. The Bertz CT molecular complexity index is 739. The summed E-state index contributed by atoms with van der Waals surface area (Å²) >= 11 is 0. The molecule has 0 aliphatic heterocycles. The first kappa shape index (κ1) is 43.9. The lowest BCUT2D eigenvalue weighted by molar-refractivity contribution is -0.161. The van der Waals surface area contributed by atoms with Crippen LogP contribution in [0.25, 0.3) is 0 Å². The molecule has 0 saturated heterocycles. The van der Waals surface area contributed by atoms with E-state index >= 15 is 0 Å². The van der Waals surface area contributed by atoms with Crippen LogP contribution in [0.3, 0.4) is 0 Å². The Morgan fingerprint density at radius 1 is 0.600 bits per heavy atom. The number of methoxy groups -OCH3 is 2. The Morgan fingerprint density at radius 3 is 1.44 bits per heavy atom. The lowest BCUT2D eigenvalue weighted by Gasteiger charge is -2.20. The molecule has 0 rings (SSSR count). The van der Waals surface area contributed by atoms with Gasteiger partial charge in [0, 0.05) is 40.3 Å². The zero-order chi connectivity index (χ0) is 33.4. The molecular formula is C32H63O12P. The maximum atomic E-state index is 12.5. The summed E-state index contributed by atoms with van der Waals surface area (Å²) in [5, 5.41) is 18.2. The first-order valence-corrected chi connectivity index (χ1v) is 18.5. The van der Waals surface area contributed by atoms with Crippen molar-refractivity contribution in [2.45, 2.75) is 141 Å². The Labute approximate surface area is 271 Å². The van der Waals surface area contributed by atoms with Gasteiger partial charge in [0.1, 0.15) is 12.7 Å². The zero-order valence-corrected chi connectivity index (χ0v) is 28.9. The van der Waals surface area contributed by atoms with Gasteiger partial charge in [0.25, 0.3) is 0 Å². The third-order valence-electron chi connectivity index (χ3n) is 7.25. The van der Waals surface area contributed by atoms with Crippen LogP contribution < -0.4 is 0 Å². The lowest BCUT2D eigenvalue weighted by atomic mass is 10.1. The zero-order valence-electron chi connectivity index (χ0n) is 28.0. The second-order valence-corrected chi connectivity index (χ2v) is 13.0. The van der Waals surface area contributed by atoms with E-state index in [9.17, 15) is 24.2 Å². The van der Waals surface area contributed by atoms with Gasteiger partial charge >= 0.3 is 19.8 Å². The predicted octanol–water partition coefficient (Wildman–Crippen LogP) is 6.02. The van der Waals surface area contributed by atoms with Crippen LogP contribution in [-0.4, -0.2) is 93.1 Å². The largest absolute Gasteiger partial charge is 0.472 e. The number of aliphatic hydroxyl groups excluding tert-OH is 2. The Kier molecular flexibility index (Phi) is 30.7. The third-order valence-corrected chi connectivity index (χ3v) is 8.20. The number of phosphoric acid groups is 1. The van der Waals surface area contributed by atoms with Crippen molar-refractivity contribution in [1.29, 1.82) is 0 Å². The molecule has 3 N–H and O–H groups in total. The molecule has 0 amide bonds. The van der Waals surface area contributed by atoms with Gasteiger partial charge in [-0.1, -0.05) is 89.9 Å². The third kappa shape index (κ3) is 31.3. The van der Waals surface area contributed by atoms with Crippen LogP contribution in [0.15, 0.2) is 0 Å². The molecule has 13 heteroatoms. The number of esters is 2. The second kappa shape index (κ2) is 31.5. The van der Waals surface area contributed by atoms with E-state index in [1.807, 2.05) is 0 Å². The van der Waals surface area contributed by atoms with Gasteiger partial charge in [0.05, 0.1) is 19.8 Å². The Hall–Kier alpha value is -1.11. The van der Waals surface area contributed by atoms with Gasteiger partial charge in [0.2, 0.25) is 0 Å². The van der Waals surface area contributed by atoms with E-state index in [4.69, 9.17) is 28.6 Å². The monoisotopic (exact) mass is 670 g/mol. The summed E-state index contributed by atoms with van der Waals surface area (Å²) in [4.78, 5) is 34.6. The van der Waals surface area contributed by atoms with Gasteiger partial charge in [0.15, 0.2) is 6.10 Å². The Balaban J connectivity index is 4.39. The van der Waals surface area contributed by atoms with Crippen molar-refractivity contribution < 1.29 is 57.3 Å². The minimum atomic E-state index is -4.61. The van der Waals surface area contributed by atoms with Crippen molar-refractivity contribution in [3.05, 3.63) is 0 Å². The van der Waals surface area contributed by atoms with Gasteiger partial charge in [-0.25, -0.2) is 4.57 Å². The molecule has 0 saturated carbocycles. The SMILES string of the molecule is COCCCCCCCCCCCC(=O)OC[C@@H](COP(=O)(O)OCC(O)CO)OC(=O)CCCCCCCCCCCOC. The standard InChI is InChI=1S/C32H63O12P/c1-39-23-19-15-11-7-3-5-9-13-17-21-31(35)41-27-30(28-43-45(37,38)42-26-29(34)25-33)44-32(36)22-18-14-10-6-4-8-12-16-20-24-40-2/h29-30,33-34H,3-28H2,1-2H3,(H,37,38)/t29?,30-/m0/s1. The first-order chi connectivity index (χ1) is 21.7. The highest BCUT2D eigenvalue weighted by molar-refractivity contribution is 7.47. The highest BCUT2D eigenvalue weighted by Gasteiger charge is 2.27. The summed E-state index contributed by atoms with van der Waals surface area (Å²) in [6.07, 6.45) is 17.1. The number of rotatable bonds is 34. The quantitative estimate of drug-likeness (QED) is 0.0414. The predicted molar refractivity (Wildman–Crippen MR) is 172 cm³/mol. The van der Waals surface area contributed by atoms with E-state index < -0.39 is 51.8 Å². The molecule has 0 radical (unpaired) electrons. The Morgan fingerprint density at radius 2 is 1.00 bits per heavy atom. The summed E-state index contributed by atoms with van der Waals surface area (Å²) in [6, 6.07) is 0. The number of phosphoric ester groups is 1. The fraction of sp³-hybridized carbons (Fsp3) is 0.938. The molecule has 0 aliphatic rings. The number of ether oxygens (including phenoxy) is 4. The molecule has 0 aromatic rings. The number of hydrogen-bond donors (Lipinski definition) is 3. The van der Waals surface area contributed by atoms with Crippen LogP contribution in [0, 0.1) is 0 Å². The van der Waals surface area contributed by atoms with Crippen molar-refractivity contribution >= 4 is 19.8 Å². The molecule has 268 valence electrons. The summed E-state index contributed by atoms with van der Waals surface area (Å²) in [6.45, 7) is -0.512. The molecular weight excluding hydrogens is 607 g/mol. The molecule has 12 nitrogen and oxygen atoms in total. The van der Waals surface area contributed by atoms with Crippen molar-refractivity contribution in [3.8, 4) is 0 Å². The average Bonchev–Trinajstić information content (AvgIpc) is 3.02. The van der Waals surface area contributed by atoms with Crippen LogP contribution >= 0.6 is 7.82 Å². The fourth-order valence-electron chi connectivity index (χ4n) is 4.57. The van der Waals surface area contributed by atoms with Crippen LogP contribution in [0.4, 0.5) is 0 Å². The van der Waals surface area contributed by atoms with E-state index in [0.717, 1.165) is 71.0 Å². The molecule has 0 spiro atoms. The van der Waals surface area contributed by atoms with Gasteiger partial charge in [-0.2, -0.15) is 0 Å². The smallest absolute Gasteiger partial charge is 0.462 e. The van der Waals surface area contributed by atoms with Crippen molar-refractivity contribution in [1.82, 2.24) is 0 Å². The van der Waals surface area contributed by atoms with Crippen LogP contribution in [0.2, 0.25) is 0 Å². The van der Waals surface area contributed by atoms with Gasteiger partial charge in [-0.15, -0.1) is 0 Å². The van der Waals surface area contributed by atoms with Crippen molar-refractivity contribution in [2.75, 3.05) is 53.9 Å². The van der Waals surface area contributed by atoms with Crippen LogP contribution in [-0.2, 0) is 42.1 Å². The second-order valence-electron chi connectivity index (χ2n) is 11.5. The summed E-state index contributed by atoms with van der Waals surface area (Å²) in [7, 11) is -1.17. The molecule has 0 aromatic heterocycles. The summed E-state index contributed by atoms with van der Waals surface area (Å²) < 4.78 is 42.5. The van der Waals surface area contributed by atoms with E-state index in [1.54, 1.807) is 14.2 Å². The molecule has 0 fully saturated rings. The molecule has 0 heterocycles. The maximum Gasteiger partial charge on any atom is 0.472 e. The van der Waals surface area contributed by atoms with Crippen LogP contribution in [0.1, 0.15) is 128 Å². The highest BCUT2D eigenvalue weighted by Crippen LogP contribution is 2.43. The summed E-state index contributed by atoms with van der Waals surface area (Å²) in [5.41, 5.74) is 0. The summed E-state index contributed by atoms with van der Waals surface area (Å²) in [5.74, 6) is -0.955. The van der Waals surface area contributed by atoms with Crippen LogP contribution in [0.5, 0.6) is 0 Å². The number of aliphatic hydroxyl groups is 2. The minimum absolute atomic E-state index is 0.171. The highest BCUT2D eigenvalue weighted by atomic mass is 31.2. The van der Waals surface area contributed by atoms with Crippen molar-refractivity contribution in [2.24, 2.45) is 0 Å². The number of hydrogen-bond acceptors (Lipinski definition) is 11. The topological polar surface area (TPSA) is 167 Å². The van der Waals surface area contributed by atoms with Gasteiger partial charge in [-0.05, 0) is 25.7 Å². The number of unbranched alkanes of at least 4 members (excludes halogenated alkanes) is 16. The number of carbonyl (C=O) groups excluding carboxylic acids is 2. The molecule has 0 bridgehead atoms. The maximum absolute atomic E-state index is 12.5. The molecule has 2 unspecified atom stereocenters. The molecule has 45 heavy (non-hydrogen) atoms. The van der Waals surface area contributed by atoms with Gasteiger partial charge < -0.3 is 34.1 Å².